The lowest BCUT2D eigenvalue weighted by Gasteiger charge is -2.05. The average molecular weight is 221 g/mol. The highest BCUT2D eigenvalue weighted by Gasteiger charge is 2.02. The van der Waals surface area contributed by atoms with E-state index in [1.807, 2.05) is 54.3 Å². The van der Waals surface area contributed by atoms with Crippen LogP contribution in [0.4, 0.5) is 0 Å². The summed E-state index contributed by atoms with van der Waals surface area (Å²) >= 11 is 5.98. The van der Waals surface area contributed by atoms with Crippen LogP contribution in [0.1, 0.15) is 0 Å². The number of pyridine rings is 1. The molecule has 0 unspecified atom stereocenters. The van der Waals surface area contributed by atoms with E-state index in [1.54, 1.807) is 6.07 Å². The Morgan fingerprint density at radius 3 is 2.40 bits per heavy atom. The average Bonchev–Trinajstić information content (AvgIpc) is 2.25. The Labute approximate surface area is 93.7 Å². The lowest BCUT2D eigenvalue weighted by Crippen LogP contribution is -2.25. The minimum Gasteiger partial charge on any atom is -0.455 e. The van der Waals surface area contributed by atoms with Gasteiger partial charge in [-0.1, -0.05) is 23.7 Å². The topological polar surface area (TPSA) is 13.1 Å². The second kappa shape index (κ2) is 4.32. The monoisotopic (exact) mass is 220 g/mol. The molecule has 0 saturated carbocycles. The van der Waals surface area contributed by atoms with Gasteiger partial charge in [-0.25, -0.2) is 4.57 Å². The number of rotatable bonds is 2. The van der Waals surface area contributed by atoms with Crippen molar-refractivity contribution in [1.82, 2.24) is 0 Å². The predicted octanol–water partition coefficient (Wildman–Crippen LogP) is 2.96. The van der Waals surface area contributed by atoms with Gasteiger partial charge in [-0.15, -0.1) is 0 Å². The molecular weight excluding hydrogens is 210 g/mol. The van der Waals surface area contributed by atoms with Crippen LogP contribution < -0.4 is 9.30 Å². The zero-order valence-corrected chi connectivity index (χ0v) is 9.11. The van der Waals surface area contributed by atoms with E-state index in [1.165, 1.54) is 0 Å². The van der Waals surface area contributed by atoms with Gasteiger partial charge in [0.05, 0.1) is 5.02 Å². The van der Waals surface area contributed by atoms with Gasteiger partial charge in [-0.2, -0.15) is 0 Å². The van der Waals surface area contributed by atoms with Crippen molar-refractivity contribution in [3.05, 3.63) is 53.8 Å². The maximum absolute atomic E-state index is 5.98. The molecule has 2 nitrogen and oxygen atoms in total. The number of hydrogen-bond acceptors (Lipinski definition) is 1. The maximum Gasteiger partial charge on any atom is 0.172 e. The van der Waals surface area contributed by atoms with Crippen LogP contribution in [0.5, 0.6) is 11.5 Å². The first kappa shape index (κ1) is 9.99. The third-order valence-electron chi connectivity index (χ3n) is 2.01. The van der Waals surface area contributed by atoms with Gasteiger partial charge in [0.1, 0.15) is 18.5 Å². The number of aromatic nitrogens is 1. The minimum atomic E-state index is 0.616. The number of benzene rings is 1. The molecule has 0 saturated heterocycles. The molecule has 0 fully saturated rings. The van der Waals surface area contributed by atoms with E-state index in [0.717, 1.165) is 5.75 Å². The first-order valence-corrected chi connectivity index (χ1v) is 5.01. The highest BCUT2D eigenvalue weighted by molar-refractivity contribution is 6.32. The Kier molecular flexibility index (Phi) is 2.88. The van der Waals surface area contributed by atoms with Crippen LogP contribution >= 0.6 is 11.6 Å². The molecule has 0 aliphatic carbocycles. The second-order valence-corrected chi connectivity index (χ2v) is 3.64. The lowest BCUT2D eigenvalue weighted by molar-refractivity contribution is -0.671. The molecule has 0 spiro atoms. The molecule has 0 N–H and O–H groups in total. The maximum atomic E-state index is 5.98. The summed E-state index contributed by atoms with van der Waals surface area (Å²) in [5.74, 6) is 1.45. The summed E-state index contributed by atoms with van der Waals surface area (Å²) < 4.78 is 7.56. The van der Waals surface area contributed by atoms with Crippen molar-refractivity contribution in [2.24, 2.45) is 7.05 Å². The standard InChI is InChI=1S/C12H11ClNO/c1-14-8-6-10(7-9-14)15-12-5-3-2-4-11(12)13/h2-9H,1H3/q+1. The smallest absolute Gasteiger partial charge is 0.172 e. The minimum absolute atomic E-state index is 0.616. The fourth-order valence-corrected chi connectivity index (χ4v) is 1.38. The van der Waals surface area contributed by atoms with Gasteiger partial charge in [0.25, 0.3) is 0 Å². The first-order valence-electron chi connectivity index (χ1n) is 4.63. The third-order valence-corrected chi connectivity index (χ3v) is 2.32. The zero-order chi connectivity index (χ0) is 10.7. The fraction of sp³-hybridized carbons (Fsp3) is 0.0833. The number of hydrogen-bond donors (Lipinski definition) is 0. The van der Waals surface area contributed by atoms with Crippen LogP contribution in [0, 0.1) is 0 Å². The molecule has 1 aromatic carbocycles. The highest BCUT2D eigenvalue weighted by atomic mass is 35.5. The van der Waals surface area contributed by atoms with Gasteiger partial charge in [0.2, 0.25) is 0 Å². The van der Waals surface area contributed by atoms with Crippen molar-refractivity contribution < 1.29 is 9.30 Å². The van der Waals surface area contributed by atoms with Gasteiger partial charge < -0.3 is 4.74 Å². The Morgan fingerprint density at radius 2 is 1.73 bits per heavy atom. The van der Waals surface area contributed by atoms with Crippen LogP contribution in [0.2, 0.25) is 5.02 Å². The number of nitrogens with zero attached hydrogens (tertiary/aromatic N) is 1. The van der Waals surface area contributed by atoms with E-state index in [2.05, 4.69) is 0 Å². The number of halogens is 1. The normalized spacial score (nSPS) is 10.0. The molecule has 2 rings (SSSR count). The molecule has 3 heteroatoms. The molecule has 15 heavy (non-hydrogen) atoms. The van der Waals surface area contributed by atoms with Gasteiger partial charge in [0.15, 0.2) is 12.4 Å². The van der Waals surface area contributed by atoms with Crippen molar-refractivity contribution in [2.45, 2.75) is 0 Å². The molecule has 0 radical (unpaired) electrons. The predicted molar refractivity (Wildman–Crippen MR) is 59.1 cm³/mol. The van der Waals surface area contributed by atoms with Gasteiger partial charge in [-0.3, -0.25) is 0 Å². The molecule has 0 aliphatic heterocycles. The summed E-state index contributed by atoms with van der Waals surface area (Å²) in [7, 11) is 1.96. The molecule has 0 bridgehead atoms. The van der Waals surface area contributed by atoms with E-state index in [4.69, 9.17) is 16.3 Å². The number of aryl methyl sites for hydroxylation is 1. The lowest BCUT2D eigenvalue weighted by atomic mass is 10.3. The summed E-state index contributed by atoms with van der Waals surface area (Å²) in [6.45, 7) is 0. The van der Waals surface area contributed by atoms with Crippen molar-refractivity contribution in [3.8, 4) is 11.5 Å². The van der Waals surface area contributed by atoms with Crippen molar-refractivity contribution in [1.29, 1.82) is 0 Å². The number of para-hydroxylation sites is 1. The number of ether oxygens (including phenoxy) is 1. The zero-order valence-electron chi connectivity index (χ0n) is 8.35. The summed E-state index contributed by atoms with van der Waals surface area (Å²) in [5, 5.41) is 0.616. The molecule has 0 amide bonds. The largest absolute Gasteiger partial charge is 0.455 e. The first-order chi connectivity index (χ1) is 7.25. The van der Waals surface area contributed by atoms with Crippen molar-refractivity contribution in [2.75, 3.05) is 0 Å². The Hall–Kier alpha value is -1.54. The van der Waals surface area contributed by atoms with Crippen molar-refractivity contribution in [3.63, 3.8) is 0 Å². The molecule has 2 aromatic rings. The van der Waals surface area contributed by atoms with Gasteiger partial charge in [0, 0.05) is 12.1 Å². The molecule has 0 aliphatic rings. The van der Waals surface area contributed by atoms with Gasteiger partial charge >= 0.3 is 0 Å². The van der Waals surface area contributed by atoms with Crippen molar-refractivity contribution >= 4 is 11.6 Å². The summed E-state index contributed by atoms with van der Waals surface area (Å²) in [4.78, 5) is 0. The van der Waals surface area contributed by atoms with Gasteiger partial charge in [-0.05, 0) is 12.1 Å². The highest BCUT2D eigenvalue weighted by Crippen LogP contribution is 2.27. The van der Waals surface area contributed by atoms with Crippen LogP contribution in [-0.2, 0) is 7.05 Å². The van der Waals surface area contributed by atoms with Crippen LogP contribution in [0.3, 0.4) is 0 Å². The Bertz CT molecular complexity index is 453. The quantitative estimate of drug-likeness (QED) is 0.710. The van der Waals surface area contributed by atoms with E-state index in [-0.39, 0.29) is 0 Å². The van der Waals surface area contributed by atoms with E-state index in [0.29, 0.717) is 10.8 Å². The second-order valence-electron chi connectivity index (χ2n) is 3.23. The Morgan fingerprint density at radius 1 is 1.07 bits per heavy atom. The van der Waals surface area contributed by atoms with Crippen LogP contribution in [-0.4, -0.2) is 0 Å². The fourth-order valence-electron chi connectivity index (χ4n) is 1.21. The molecular formula is C12H11ClNO+. The molecule has 76 valence electrons. The van der Waals surface area contributed by atoms with E-state index < -0.39 is 0 Å². The molecule has 1 heterocycles. The van der Waals surface area contributed by atoms with Crippen LogP contribution in [0.25, 0.3) is 0 Å². The summed E-state index contributed by atoms with van der Waals surface area (Å²) in [6, 6.07) is 11.2. The Balaban J connectivity index is 2.22. The molecule has 1 aromatic heterocycles. The van der Waals surface area contributed by atoms with E-state index >= 15 is 0 Å². The third kappa shape index (κ3) is 2.48. The summed E-state index contributed by atoms with van der Waals surface area (Å²) in [6.07, 6.45) is 3.85. The van der Waals surface area contributed by atoms with E-state index in [9.17, 15) is 0 Å². The molecule has 0 atom stereocenters. The SMILES string of the molecule is C[n+]1ccc(Oc2ccccc2Cl)cc1. The summed E-state index contributed by atoms with van der Waals surface area (Å²) in [5.41, 5.74) is 0. The van der Waals surface area contributed by atoms with Crippen LogP contribution in [0.15, 0.2) is 48.8 Å².